The van der Waals surface area contributed by atoms with Crippen molar-refractivity contribution in [2.75, 3.05) is 26.7 Å². The SMILES string of the molecule is CN=C(NCCc1c[nH]c2cc(F)ccc12)NCC1CCCOC1c1ccc(C)cc1.I. The van der Waals surface area contributed by atoms with Gasteiger partial charge in [-0.2, -0.15) is 0 Å². The lowest BCUT2D eigenvalue weighted by Crippen LogP contribution is -2.42. The van der Waals surface area contributed by atoms with Crippen LogP contribution in [0.2, 0.25) is 0 Å². The van der Waals surface area contributed by atoms with E-state index in [-0.39, 0.29) is 35.9 Å². The van der Waals surface area contributed by atoms with Gasteiger partial charge >= 0.3 is 0 Å². The molecule has 0 radical (unpaired) electrons. The van der Waals surface area contributed by atoms with Gasteiger partial charge in [0.25, 0.3) is 0 Å². The van der Waals surface area contributed by atoms with Crippen molar-refractivity contribution in [3.63, 3.8) is 0 Å². The molecule has 0 amide bonds. The summed E-state index contributed by atoms with van der Waals surface area (Å²) in [5, 5.41) is 7.93. The van der Waals surface area contributed by atoms with Crippen LogP contribution in [-0.2, 0) is 11.2 Å². The van der Waals surface area contributed by atoms with Gasteiger partial charge in [0, 0.05) is 49.8 Å². The van der Waals surface area contributed by atoms with Gasteiger partial charge in [0.15, 0.2) is 5.96 Å². The van der Waals surface area contributed by atoms with E-state index < -0.39 is 0 Å². The Morgan fingerprint density at radius 2 is 2.00 bits per heavy atom. The Bertz CT molecular complexity index is 1030. The van der Waals surface area contributed by atoms with Crippen molar-refractivity contribution in [2.24, 2.45) is 10.9 Å². The molecule has 7 heteroatoms. The predicted octanol–water partition coefficient (Wildman–Crippen LogP) is 5.11. The molecule has 0 spiro atoms. The highest BCUT2D eigenvalue weighted by Crippen LogP contribution is 2.33. The lowest BCUT2D eigenvalue weighted by molar-refractivity contribution is -0.0265. The first-order chi connectivity index (χ1) is 15.1. The van der Waals surface area contributed by atoms with Gasteiger partial charge in [0.2, 0.25) is 0 Å². The highest BCUT2D eigenvalue weighted by molar-refractivity contribution is 14.0. The lowest BCUT2D eigenvalue weighted by Gasteiger charge is -2.32. The molecule has 1 aliphatic rings. The minimum absolute atomic E-state index is 0. The quantitative estimate of drug-likeness (QED) is 0.227. The van der Waals surface area contributed by atoms with Gasteiger partial charge in [-0.3, -0.25) is 4.99 Å². The largest absolute Gasteiger partial charge is 0.373 e. The number of guanidine groups is 1. The molecule has 0 aliphatic carbocycles. The molecule has 0 bridgehead atoms. The van der Waals surface area contributed by atoms with Gasteiger partial charge in [-0.05, 0) is 55.5 Å². The average Bonchev–Trinajstić information content (AvgIpc) is 3.19. The summed E-state index contributed by atoms with van der Waals surface area (Å²) >= 11 is 0. The molecule has 5 nitrogen and oxygen atoms in total. The monoisotopic (exact) mass is 550 g/mol. The molecule has 1 aromatic heterocycles. The first-order valence-corrected chi connectivity index (χ1v) is 11.0. The fraction of sp³-hybridized carbons (Fsp3) is 0.400. The van der Waals surface area contributed by atoms with E-state index in [0.717, 1.165) is 61.4 Å². The molecule has 2 atom stereocenters. The maximum absolute atomic E-state index is 13.4. The van der Waals surface area contributed by atoms with E-state index in [1.807, 2.05) is 12.3 Å². The Kier molecular flexibility index (Phi) is 8.92. The van der Waals surface area contributed by atoms with Crippen LogP contribution in [0.4, 0.5) is 4.39 Å². The number of hydrogen-bond acceptors (Lipinski definition) is 2. The number of aryl methyl sites for hydroxylation is 1. The third kappa shape index (κ3) is 6.01. The second kappa shape index (κ2) is 11.7. The fourth-order valence-corrected chi connectivity index (χ4v) is 4.31. The number of fused-ring (bicyclic) bond motifs is 1. The number of H-pyrrole nitrogens is 1. The number of rotatable bonds is 6. The van der Waals surface area contributed by atoms with Gasteiger partial charge in [0.1, 0.15) is 5.82 Å². The molecule has 4 rings (SSSR count). The molecule has 172 valence electrons. The van der Waals surface area contributed by atoms with Crippen molar-refractivity contribution < 1.29 is 9.13 Å². The summed E-state index contributed by atoms with van der Waals surface area (Å²) in [5.74, 6) is 0.969. The third-order valence-electron chi connectivity index (χ3n) is 6.02. The number of aromatic nitrogens is 1. The maximum atomic E-state index is 13.4. The molecule has 0 saturated carbocycles. The smallest absolute Gasteiger partial charge is 0.190 e. The zero-order valence-electron chi connectivity index (χ0n) is 18.7. The van der Waals surface area contributed by atoms with Crippen molar-refractivity contribution in [1.82, 2.24) is 15.6 Å². The fourth-order valence-electron chi connectivity index (χ4n) is 4.31. The van der Waals surface area contributed by atoms with Crippen molar-refractivity contribution in [3.05, 3.63) is 71.2 Å². The van der Waals surface area contributed by atoms with Crippen LogP contribution in [0, 0.1) is 18.7 Å². The standard InChI is InChI=1S/C25H31FN4O.HI/c1-17-5-7-18(8-6-17)24-20(4-3-13-31-24)16-30-25(27-2)28-12-11-19-15-29-23-14-21(26)9-10-22(19)23;/h5-10,14-15,20,24,29H,3-4,11-13,16H2,1-2H3,(H2,27,28,30);1H. The van der Waals surface area contributed by atoms with Crippen LogP contribution in [0.15, 0.2) is 53.7 Å². The number of aliphatic imine (C=N–C) groups is 1. The number of hydrogen-bond donors (Lipinski definition) is 3. The molecule has 2 aromatic carbocycles. The highest BCUT2D eigenvalue weighted by atomic mass is 127. The summed E-state index contributed by atoms with van der Waals surface area (Å²) < 4.78 is 19.5. The zero-order valence-corrected chi connectivity index (χ0v) is 21.0. The molecule has 3 aromatic rings. The molecule has 1 saturated heterocycles. The van der Waals surface area contributed by atoms with Crippen LogP contribution in [0.5, 0.6) is 0 Å². The third-order valence-corrected chi connectivity index (χ3v) is 6.02. The van der Waals surface area contributed by atoms with Crippen molar-refractivity contribution >= 4 is 40.8 Å². The summed E-state index contributed by atoms with van der Waals surface area (Å²) in [5.41, 5.74) is 4.50. The topological polar surface area (TPSA) is 61.4 Å². The Morgan fingerprint density at radius 1 is 1.19 bits per heavy atom. The number of nitrogens with one attached hydrogen (secondary N) is 3. The normalized spacial score (nSPS) is 18.9. The molecular weight excluding hydrogens is 518 g/mol. The van der Waals surface area contributed by atoms with Crippen molar-refractivity contribution in [2.45, 2.75) is 32.3 Å². The number of benzene rings is 2. The van der Waals surface area contributed by atoms with Gasteiger partial charge < -0.3 is 20.4 Å². The van der Waals surface area contributed by atoms with Crippen LogP contribution < -0.4 is 10.6 Å². The van der Waals surface area contributed by atoms with Crippen LogP contribution >= 0.6 is 24.0 Å². The van der Waals surface area contributed by atoms with Gasteiger partial charge in [0.05, 0.1) is 6.10 Å². The Balaban J connectivity index is 0.00000289. The second-order valence-corrected chi connectivity index (χ2v) is 8.24. The van der Waals surface area contributed by atoms with Gasteiger partial charge in [-0.25, -0.2) is 4.39 Å². The van der Waals surface area contributed by atoms with E-state index >= 15 is 0 Å². The number of halogens is 2. The van der Waals surface area contributed by atoms with E-state index in [2.05, 4.69) is 51.8 Å². The minimum atomic E-state index is -0.223. The predicted molar refractivity (Wildman–Crippen MR) is 139 cm³/mol. The summed E-state index contributed by atoms with van der Waals surface area (Å²) in [6.45, 7) is 4.47. The molecular formula is C25H32FIN4O. The van der Waals surface area contributed by atoms with E-state index in [0.29, 0.717) is 5.92 Å². The summed E-state index contributed by atoms with van der Waals surface area (Å²) in [7, 11) is 1.79. The van der Waals surface area contributed by atoms with E-state index in [1.54, 1.807) is 7.05 Å². The summed E-state index contributed by atoms with van der Waals surface area (Å²) in [6.07, 6.45) is 5.11. The summed E-state index contributed by atoms with van der Waals surface area (Å²) in [4.78, 5) is 7.52. The first-order valence-electron chi connectivity index (χ1n) is 11.0. The minimum Gasteiger partial charge on any atom is -0.373 e. The van der Waals surface area contributed by atoms with Gasteiger partial charge in [-0.15, -0.1) is 24.0 Å². The van der Waals surface area contributed by atoms with Crippen molar-refractivity contribution in [3.8, 4) is 0 Å². The zero-order chi connectivity index (χ0) is 21.6. The van der Waals surface area contributed by atoms with Crippen LogP contribution in [-0.4, -0.2) is 37.7 Å². The Morgan fingerprint density at radius 3 is 2.78 bits per heavy atom. The molecule has 3 N–H and O–H groups in total. The van der Waals surface area contributed by atoms with Gasteiger partial charge in [-0.1, -0.05) is 29.8 Å². The summed E-state index contributed by atoms with van der Waals surface area (Å²) in [6, 6.07) is 13.5. The lowest BCUT2D eigenvalue weighted by atomic mass is 9.89. The van der Waals surface area contributed by atoms with E-state index in [9.17, 15) is 4.39 Å². The number of nitrogens with zero attached hydrogens (tertiary/aromatic N) is 1. The average molecular weight is 550 g/mol. The Hall–Kier alpha value is -2.13. The van der Waals surface area contributed by atoms with Crippen LogP contribution in [0.25, 0.3) is 10.9 Å². The number of aromatic amines is 1. The highest BCUT2D eigenvalue weighted by Gasteiger charge is 2.27. The Labute approximate surface area is 206 Å². The van der Waals surface area contributed by atoms with Crippen LogP contribution in [0.1, 0.15) is 35.6 Å². The van der Waals surface area contributed by atoms with E-state index in [1.165, 1.54) is 23.3 Å². The molecule has 1 fully saturated rings. The van der Waals surface area contributed by atoms with E-state index in [4.69, 9.17) is 4.74 Å². The molecule has 2 heterocycles. The first kappa shape index (κ1) is 24.5. The molecule has 32 heavy (non-hydrogen) atoms. The van der Waals surface area contributed by atoms with Crippen LogP contribution in [0.3, 0.4) is 0 Å². The van der Waals surface area contributed by atoms with Crippen molar-refractivity contribution in [1.29, 1.82) is 0 Å². The second-order valence-electron chi connectivity index (χ2n) is 8.24. The molecule has 2 unspecified atom stereocenters. The molecule has 1 aliphatic heterocycles. The maximum Gasteiger partial charge on any atom is 0.190 e. The number of ether oxygens (including phenoxy) is 1.